The molecule has 1 saturated heterocycles. The first-order valence-electron chi connectivity index (χ1n) is 12.5. The first-order valence-corrected chi connectivity index (χ1v) is 12.4. The minimum absolute atomic E-state index is 0.00556. The third kappa shape index (κ3) is 4.40. The van der Waals surface area contributed by atoms with Gasteiger partial charge in [0.2, 0.25) is 10.0 Å². The van der Waals surface area contributed by atoms with Crippen LogP contribution >= 0.6 is 0 Å². The third-order valence-corrected chi connectivity index (χ3v) is 7.53. The number of nitrogens with one attached hydrogen (secondary N) is 1. The number of rotatable bonds is 7. The van der Waals surface area contributed by atoms with E-state index in [1.54, 1.807) is 20.0 Å². The molecule has 0 atom stereocenters. The van der Waals surface area contributed by atoms with Crippen LogP contribution < -0.4 is 10.3 Å². The smallest absolute Gasteiger partial charge is 0.277 e. The van der Waals surface area contributed by atoms with Gasteiger partial charge in [0.15, 0.2) is 5.52 Å². The van der Waals surface area contributed by atoms with E-state index < -0.39 is 17.0 Å². The normalized spacial score (nSPS) is 17.6. The molecule has 0 amide bonds. The molecular weight excluding hydrogens is 444 g/mol. The zero-order valence-corrected chi connectivity index (χ0v) is 19.8. The second kappa shape index (κ2) is 9.24. The van der Waals surface area contributed by atoms with E-state index in [1.807, 2.05) is 6.92 Å². The van der Waals surface area contributed by atoms with Gasteiger partial charge in [0.05, 0.1) is 22.8 Å². The van der Waals surface area contributed by atoms with Crippen LogP contribution in [-0.4, -0.2) is 77.1 Å². The molecule has 178 valence electrons. The van der Waals surface area contributed by atoms with Gasteiger partial charge in [-0.15, -0.1) is 0 Å². The fraction of sp³-hybridized carbons (Fsp3) is 0.500. The van der Waals surface area contributed by atoms with Gasteiger partial charge >= 0.3 is 0 Å². The highest BCUT2D eigenvalue weighted by Gasteiger charge is 2.29. The molecule has 3 aromatic rings. The van der Waals surface area contributed by atoms with Crippen molar-refractivity contribution in [3.05, 3.63) is 34.2 Å². The van der Waals surface area contributed by atoms with Crippen LogP contribution in [0.4, 0.5) is 0 Å². The molecule has 0 aliphatic carbocycles. The molecular formula is C22H30N6O4S. The second-order valence-electron chi connectivity index (χ2n) is 7.91. The standard InChI is InChI=1S/C22H30N6O4S/c1-5-7-17-19-20(27(4)25-17)22(29)24-21(23-19)16-14-15(8-9-18(16)32-6-2)33(30,31)28-12-10-26(3)11-13-28/h8-9,14H,5-7,10-13H2,1-4H3,(H,23,24,29)/i3D3. The maximum Gasteiger partial charge on any atom is 0.277 e. The summed E-state index contributed by atoms with van der Waals surface area (Å²) in [5.74, 6) is 0.567. The van der Waals surface area contributed by atoms with Crippen molar-refractivity contribution in [2.45, 2.75) is 31.6 Å². The molecule has 0 saturated carbocycles. The molecule has 0 bridgehead atoms. The molecule has 3 heterocycles. The van der Waals surface area contributed by atoms with E-state index >= 15 is 0 Å². The van der Waals surface area contributed by atoms with Gasteiger partial charge < -0.3 is 14.6 Å². The molecule has 0 unspecified atom stereocenters. The summed E-state index contributed by atoms with van der Waals surface area (Å²) in [6.07, 6.45) is 1.46. The average molecular weight is 478 g/mol. The summed E-state index contributed by atoms with van der Waals surface area (Å²) in [5.41, 5.74) is 1.45. The number of piperazine rings is 1. The van der Waals surface area contributed by atoms with Crippen molar-refractivity contribution in [2.75, 3.05) is 39.8 Å². The molecule has 2 aromatic heterocycles. The van der Waals surface area contributed by atoms with E-state index in [0.717, 1.165) is 6.42 Å². The van der Waals surface area contributed by atoms with E-state index in [2.05, 4.69) is 15.1 Å². The second-order valence-corrected chi connectivity index (χ2v) is 9.85. The predicted octanol–water partition coefficient (Wildman–Crippen LogP) is 1.61. The Morgan fingerprint density at radius 1 is 1.21 bits per heavy atom. The molecule has 0 spiro atoms. The number of ether oxygens (including phenoxy) is 1. The Hall–Kier alpha value is -2.76. The van der Waals surface area contributed by atoms with Crippen molar-refractivity contribution < 1.29 is 17.3 Å². The van der Waals surface area contributed by atoms with Crippen molar-refractivity contribution in [2.24, 2.45) is 7.05 Å². The Labute approximate surface area is 197 Å². The summed E-state index contributed by atoms with van der Waals surface area (Å²) in [6, 6.07) is 4.43. The number of fused-ring (bicyclic) bond motifs is 1. The van der Waals surface area contributed by atoms with Crippen LogP contribution in [0.1, 0.15) is 30.1 Å². The van der Waals surface area contributed by atoms with E-state index in [1.165, 1.54) is 26.0 Å². The number of sulfonamides is 1. The number of hydrogen-bond donors (Lipinski definition) is 1. The highest BCUT2D eigenvalue weighted by atomic mass is 32.2. The van der Waals surface area contributed by atoms with Gasteiger partial charge in [-0.25, -0.2) is 13.4 Å². The molecule has 11 heteroatoms. The Balaban J connectivity index is 1.77. The van der Waals surface area contributed by atoms with Crippen LogP contribution in [0.2, 0.25) is 0 Å². The number of benzene rings is 1. The predicted molar refractivity (Wildman–Crippen MR) is 126 cm³/mol. The molecule has 4 rings (SSSR count). The summed E-state index contributed by atoms with van der Waals surface area (Å²) >= 11 is 0. The molecule has 1 fully saturated rings. The average Bonchev–Trinajstić information content (AvgIpc) is 3.14. The molecule has 1 N–H and O–H groups in total. The maximum absolute atomic E-state index is 13.4. The molecule has 33 heavy (non-hydrogen) atoms. The summed E-state index contributed by atoms with van der Waals surface area (Å²) < 4.78 is 58.0. The van der Waals surface area contributed by atoms with Crippen LogP contribution in [0.5, 0.6) is 5.75 Å². The van der Waals surface area contributed by atoms with Crippen molar-refractivity contribution in [1.29, 1.82) is 0 Å². The molecule has 10 nitrogen and oxygen atoms in total. The number of hydrogen-bond acceptors (Lipinski definition) is 7. The van der Waals surface area contributed by atoms with Crippen molar-refractivity contribution in [1.82, 2.24) is 29.0 Å². The fourth-order valence-corrected chi connectivity index (χ4v) is 5.44. The number of likely N-dealkylation sites (N-methyl/N-ethyl adjacent to an activating group) is 1. The first-order chi connectivity index (χ1) is 17.0. The summed E-state index contributed by atoms with van der Waals surface area (Å²) in [4.78, 5) is 21.7. The Kier molecular flexibility index (Phi) is 5.51. The summed E-state index contributed by atoms with van der Waals surface area (Å²) in [7, 11) is -2.24. The molecule has 1 aliphatic rings. The Morgan fingerprint density at radius 3 is 2.64 bits per heavy atom. The molecule has 0 radical (unpaired) electrons. The van der Waals surface area contributed by atoms with Crippen LogP contribution in [0.15, 0.2) is 27.9 Å². The number of aromatic amines is 1. The van der Waals surface area contributed by atoms with Crippen molar-refractivity contribution >= 4 is 21.1 Å². The lowest BCUT2D eigenvalue weighted by Crippen LogP contribution is -2.47. The van der Waals surface area contributed by atoms with Gasteiger partial charge in [-0.05, 0) is 38.5 Å². The lowest BCUT2D eigenvalue weighted by atomic mass is 10.1. The first kappa shape index (κ1) is 19.7. The van der Waals surface area contributed by atoms with Crippen LogP contribution in [0, 0.1) is 0 Å². The highest BCUT2D eigenvalue weighted by molar-refractivity contribution is 7.89. The largest absolute Gasteiger partial charge is 0.493 e. The van der Waals surface area contributed by atoms with Crippen LogP contribution in [0.25, 0.3) is 22.4 Å². The zero-order valence-electron chi connectivity index (χ0n) is 22.0. The number of aromatic nitrogens is 4. The lowest BCUT2D eigenvalue weighted by Gasteiger charge is -2.31. The lowest BCUT2D eigenvalue weighted by molar-refractivity contribution is 0.222. The summed E-state index contributed by atoms with van der Waals surface area (Å²) in [6.45, 7) is 2.20. The fourth-order valence-electron chi connectivity index (χ4n) is 3.99. The highest BCUT2D eigenvalue weighted by Crippen LogP contribution is 2.32. The number of H-pyrrole nitrogens is 1. The van der Waals surface area contributed by atoms with Gasteiger partial charge in [-0.2, -0.15) is 9.40 Å². The number of aryl methyl sites for hydroxylation is 2. The minimum Gasteiger partial charge on any atom is -0.493 e. The molecule has 1 aromatic carbocycles. The van der Waals surface area contributed by atoms with E-state index in [-0.39, 0.29) is 42.5 Å². The van der Waals surface area contributed by atoms with Crippen LogP contribution in [-0.2, 0) is 23.5 Å². The SMILES string of the molecule is [2H]C([2H])([2H])N1CCN(S(=O)(=O)c2ccc(OCC)c(-c3nc4c(CCC)nn(C)c4c(=O)[nH]3)c2)CC1. The van der Waals surface area contributed by atoms with Crippen LogP contribution in [0.3, 0.4) is 0 Å². The summed E-state index contributed by atoms with van der Waals surface area (Å²) in [5, 5.41) is 4.43. The Bertz CT molecular complexity index is 1430. The molecule has 1 aliphatic heterocycles. The van der Waals surface area contributed by atoms with E-state index in [4.69, 9.17) is 8.85 Å². The Morgan fingerprint density at radius 2 is 1.97 bits per heavy atom. The van der Waals surface area contributed by atoms with E-state index in [9.17, 15) is 13.2 Å². The van der Waals surface area contributed by atoms with Crippen molar-refractivity contribution in [3.63, 3.8) is 0 Å². The van der Waals surface area contributed by atoms with Gasteiger partial charge in [0, 0.05) is 37.3 Å². The quantitative estimate of drug-likeness (QED) is 0.550. The third-order valence-electron chi connectivity index (χ3n) is 5.63. The minimum atomic E-state index is -3.93. The number of nitrogens with zero attached hydrogens (tertiary/aromatic N) is 5. The van der Waals surface area contributed by atoms with Gasteiger partial charge in [0.25, 0.3) is 5.56 Å². The topological polar surface area (TPSA) is 113 Å². The maximum atomic E-state index is 13.4. The monoisotopic (exact) mass is 477 g/mol. The van der Waals surface area contributed by atoms with Gasteiger partial charge in [-0.3, -0.25) is 9.48 Å². The van der Waals surface area contributed by atoms with Gasteiger partial charge in [-0.1, -0.05) is 13.3 Å². The van der Waals surface area contributed by atoms with Gasteiger partial charge in [0.1, 0.15) is 17.1 Å². The zero-order chi connectivity index (χ0) is 26.3. The van der Waals surface area contributed by atoms with E-state index in [0.29, 0.717) is 41.1 Å². The van der Waals surface area contributed by atoms with Crippen molar-refractivity contribution in [3.8, 4) is 17.1 Å².